The van der Waals surface area contributed by atoms with E-state index in [0.717, 1.165) is 23.7 Å². The third-order valence-corrected chi connectivity index (χ3v) is 5.02. The molecule has 4 rings (SSSR count). The van der Waals surface area contributed by atoms with Crippen molar-refractivity contribution in [3.63, 3.8) is 0 Å². The fourth-order valence-corrected chi connectivity index (χ4v) is 3.52. The second kappa shape index (κ2) is 8.17. The number of nitrogens with zero attached hydrogens (tertiary/aromatic N) is 1. The van der Waals surface area contributed by atoms with Crippen molar-refractivity contribution in [2.24, 2.45) is 0 Å². The first-order valence-electron chi connectivity index (χ1n) is 9.53. The number of piperidine rings is 1. The second-order valence-corrected chi connectivity index (χ2v) is 7.01. The number of carbonyl (C=O) groups is 2. The molecule has 144 valence electrons. The maximum absolute atomic E-state index is 12.7. The summed E-state index contributed by atoms with van der Waals surface area (Å²) >= 11 is 0. The molecule has 2 amide bonds. The molecule has 2 aromatic carbocycles. The standard InChI is InChI=1S/C22H23N3O3/c26-21(15-28-18-7-2-1-3-8-18)23-17-10-12-25(13-11-17)22(27)20-14-16-6-4-5-9-19(16)24-20/h1-9,14,17,24H,10-13,15H2,(H,23,26). The summed E-state index contributed by atoms with van der Waals surface area (Å²) < 4.78 is 5.47. The number of ether oxygens (including phenoxy) is 1. The highest BCUT2D eigenvalue weighted by Crippen LogP contribution is 2.18. The molecule has 0 bridgehead atoms. The van der Waals surface area contributed by atoms with Crippen LogP contribution in [0.15, 0.2) is 60.7 Å². The maximum atomic E-state index is 12.7. The van der Waals surface area contributed by atoms with Crippen LogP contribution < -0.4 is 10.1 Å². The van der Waals surface area contributed by atoms with Gasteiger partial charge in [-0.05, 0) is 37.1 Å². The molecule has 0 spiro atoms. The molecule has 1 fully saturated rings. The van der Waals surface area contributed by atoms with Gasteiger partial charge < -0.3 is 19.9 Å². The Balaban J connectivity index is 1.26. The van der Waals surface area contributed by atoms with Crippen LogP contribution in [0.1, 0.15) is 23.3 Å². The van der Waals surface area contributed by atoms with Gasteiger partial charge >= 0.3 is 0 Å². The molecule has 2 heterocycles. The minimum absolute atomic E-state index is 0.00176. The summed E-state index contributed by atoms with van der Waals surface area (Å²) in [5, 5.41) is 4.03. The summed E-state index contributed by atoms with van der Waals surface area (Å²) in [7, 11) is 0. The van der Waals surface area contributed by atoms with Crippen molar-refractivity contribution in [2.75, 3.05) is 19.7 Å². The number of hydrogen-bond acceptors (Lipinski definition) is 3. The van der Waals surface area contributed by atoms with Crippen LogP contribution in [-0.4, -0.2) is 47.4 Å². The van der Waals surface area contributed by atoms with Crippen molar-refractivity contribution in [3.05, 3.63) is 66.4 Å². The van der Waals surface area contributed by atoms with E-state index in [1.54, 1.807) is 0 Å². The van der Waals surface area contributed by atoms with Crippen LogP contribution in [0.4, 0.5) is 0 Å². The Labute approximate surface area is 163 Å². The molecule has 0 aliphatic carbocycles. The summed E-state index contributed by atoms with van der Waals surface area (Å²) in [6.07, 6.45) is 1.48. The predicted octanol–water partition coefficient (Wildman–Crippen LogP) is 2.97. The lowest BCUT2D eigenvalue weighted by atomic mass is 10.0. The second-order valence-electron chi connectivity index (χ2n) is 7.01. The Bertz CT molecular complexity index is 926. The SMILES string of the molecule is O=C(COc1ccccc1)NC1CCN(C(=O)c2cc3ccccc3[nH]2)CC1. The van der Waals surface area contributed by atoms with Gasteiger partial charge in [-0.25, -0.2) is 0 Å². The number of fused-ring (bicyclic) bond motifs is 1. The fraction of sp³-hybridized carbons (Fsp3) is 0.273. The molecular formula is C22H23N3O3. The lowest BCUT2D eigenvalue weighted by molar-refractivity contribution is -0.124. The zero-order valence-corrected chi connectivity index (χ0v) is 15.6. The van der Waals surface area contributed by atoms with Gasteiger partial charge in [0, 0.05) is 30.0 Å². The van der Waals surface area contributed by atoms with E-state index in [-0.39, 0.29) is 24.5 Å². The van der Waals surface area contributed by atoms with Gasteiger partial charge in [-0.15, -0.1) is 0 Å². The summed E-state index contributed by atoms with van der Waals surface area (Å²) in [6.45, 7) is 1.25. The first kappa shape index (κ1) is 18.1. The number of benzene rings is 2. The largest absolute Gasteiger partial charge is 0.484 e. The third-order valence-electron chi connectivity index (χ3n) is 5.02. The molecule has 1 aromatic heterocycles. The molecular weight excluding hydrogens is 354 g/mol. The van der Waals surface area contributed by atoms with Crippen LogP contribution in [0, 0.1) is 0 Å². The van der Waals surface area contributed by atoms with Gasteiger partial charge in [-0.3, -0.25) is 9.59 Å². The number of H-pyrrole nitrogens is 1. The number of para-hydroxylation sites is 2. The molecule has 1 aliphatic rings. The van der Waals surface area contributed by atoms with Gasteiger partial charge in [0.15, 0.2) is 6.61 Å². The molecule has 0 unspecified atom stereocenters. The highest BCUT2D eigenvalue weighted by Gasteiger charge is 2.25. The number of aromatic amines is 1. The van der Waals surface area contributed by atoms with Gasteiger partial charge in [0.25, 0.3) is 11.8 Å². The molecule has 1 aliphatic heterocycles. The van der Waals surface area contributed by atoms with Crippen molar-refractivity contribution < 1.29 is 14.3 Å². The Morgan fingerprint density at radius 3 is 2.50 bits per heavy atom. The summed E-state index contributed by atoms with van der Waals surface area (Å²) in [5.74, 6) is 0.550. The first-order valence-corrected chi connectivity index (χ1v) is 9.53. The van der Waals surface area contributed by atoms with Crippen molar-refractivity contribution in [1.82, 2.24) is 15.2 Å². The third kappa shape index (κ3) is 4.17. The number of nitrogens with one attached hydrogen (secondary N) is 2. The topological polar surface area (TPSA) is 74.4 Å². The van der Waals surface area contributed by atoms with Gasteiger partial charge in [0.1, 0.15) is 11.4 Å². The van der Waals surface area contributed by atoms with E-state index < -0.39 is 0 Å². The van der Waals surface area contributed by atoms with Crippen LogP contribution in [0.2, 0.25) is 0 Å². The molecule has 0 saturated carbocycles. The Hall–Kier alpha value is -3.28. The highest BCUT2D eigenvalue weighted by atomic mass is 16.5. The van der Waals surface area contributed by atoms with Crippen molar-refractivity contribution in [1.29, 1.82) is 0 Å². The number of carbonyl (C=O) groups excluding carboxylic acids is 2. The molecule has 6 nitrogen and oxygen atoms in total. The average Bonchev–Trinajstić information content (AvgIpc) is 3.17. The smallest absolute Gasteiger partial charge is 0.270 e. The monoisotopic (exact) mass is 377 g/mol. The summed E-state index contributed by atoms with van der Waals surface area (Å²) in [4.78, 5) is 29.9. The van der Waals surface area contributed by atoms with Crippen LogP contribution in [0.25, 0.3) is 10.9 Å². The van der Waals surface area contributed by atoms with Crippen molar-refractivity contribution >= 4 is 22.7 Å². The zero-order valence-electron chi connectivity index (χ0n) is 15.6. The lowest BCUT2D eigenvalue weighted by Gasteiger charge is -2.32. The number of rotatable bonds is 5. The molecule has 0 atom stereocenters. The Morgan fingerprint density at radius 2 is 1.75 bits per heavy atom. The number of amides is 2. The fourth-order valence-electron chi connectivity index (χ4n) is 3.52. The van der Waals surface area contributed by atoms with E-state index >= 15 is 0 Å². The predicted molar refractivity (Wildman–Crippen MR) is 107 cm³/mol. The first-order chi connectivity index (χ1) is 13.7. The van der Waals surface area contributed by atoms with Gasteiger partial charge in [-0.2, -0.15) is 0 Å². The normalized spacial score (nSPS) is 14.8. The van der Waals surface area contributed by atoms with E-state index in [9.17, 15) is 9.59 Å². The zero-order chi connectivity index (χ0) is 19.3. The maximum Gasteiger partial charge on any atom is 0.270 e. The molecule has 2 N–H and O–H groups in total. The number of likely N-dealkylation sites (tertiary alicyclic amines) is 1. The molecule has 3 aromatic rings. The molecule has 28 heavy (non-hydrogen) atoms. The summed E-state index contributed by atoms with van der Waals surface area (Å²) in [6, 6.07) is 19.1. The van der Waals surface area contributed by atoms with Crippen molar-refractivity contribution in [2.45, 2.75) is 18.9 Å². The van der Waals surface area contributed by atoms with Crippen LogP contribution in [0.3, 0.4) is 0 Å². The minimum Gasteiger partial charge on any atom is -0.484 e. The van der Waals surface area contributed by atoms with Crippen molar-refractivity contribution in [3.8, 4) is 5.75 Å². The van der Waals surface area contributed by atoms with E-state index in [1.165, 1.54) is 0 Å². The molecule has 1 saturated heterocycles. The van der Waals surface area contributed by atoms with Gasteiger partial charge in [0.05, 0.1) is 0 Å². The van der Waals surface area contributed by atoms with E-state index in [1.807, 2.05) is 65.6 Å². The van der Waals surface area contributed by atoms with E-state index in [0.29, 0.717) is 24.5 Å². The quantitative estimate of drug-likeness (QED) is 0.718. The molecule has 0 radical (unpaired) electrons. The summed E-state index contributed by atoms with van der Waals surface area (Å²) in [5.41, 5.74) is 1.58. The van der Waals surface area contributed by atoms with Gasteiger partial charge in [-0.1, -0.05) is 36.4 Å². The van der Waals surface area contributed by atoms with E-state index in [4.69, 9.17) is 4.74 Å². The van der Waals surface area contributed by atoms with Crippen LogP contribution in [-0.2, 0) is 4.79 Å². The Morgan fingerprint density at radius 1 is 1.04 bits per heavy atom. The highest BCUT2D eigenvalue weighted by molar-refractivity contribution is 5.98. The number of hydrogen-bond donors (Lipinski definition) is 2. The van der Waals surface area contributed by atoms with Gasteiger partial charge in [0.2, 0.25) is 0 Å². The molecule has 6 heteroatoms. The van der Waals surface area contributed by atoms with E-state index in [2.05, 4.69) is 10.3 Å². The van der Waals surface area contributed by atoms with Crippen LogP contribution in [0.5, 0.6) is 5.75 Å². The average molecular weight is 377 g/mol. The minimum atomic E-state index is -0.135. The number of aromatic nitrogens is 1. The lowest BCUT2D eigenvalue weighted by Crippen LogP contribution is -2.47. The Kier molecular flexibility index (Phi) is 5.28. The van der Waals surface area contributed by atoms with Crippen LogP contribution >= 0.6 is 0 Å².